The second-order valence-corrected chi connectivity index (χ2v) is 6.04. The Hall–Kier alpha value is -1.30. The topological polar surface area (TPSA) is 66.1 Å². The van der Waals surface area contributed by atoms with E-state index >= 15 is 0 Å². The molecule has 5 nitrogen and oxygen atoms in total. The lowest BCUT2D eigenvalue weighted by atomic mass is 9.99. The molecule has 104 valence electrons. The van der Waals surface area contributed by atoms with Crippen LogP contribution < -0.4 is 5.69 Å². The van der Waals surface area contributed by atoms with Gasteiger partial charge >= 0.3 is 5.69 Å². The van der Waals surface area contributed by atoms with Gasteiger partial charge in [-0.15, -0.1) is 0 Å². The van der Waals surface area contributed by atoms with Gasteiger partial charge in [-0.1, -0.05) is 18.7 Å². The highest BCUT2D eigenvalue weighted by Gasteiger charge is 2.20. The Balaban J connectivity index is 1.89. The molecule has 0 atom stereocenters. The van der Waals surface area contributed by atoms with Crippen LogP contribution in [0, 0.1) is 12.8 Å². The Kier molecular flexibility index (Phi) is 4.63. The van der Waals surface area contributed by atoms with Crippen molar-refractivity contribution in [2.24, 2.45) is 5.92 Å². The Bertz CT molecular complexity index is 507. The molecule has 1 aliphatic heterocycles. The first-order valence-electron chi connectivity index (χ1n) is 6.52. The number of aromatic amines is 1. The molecule has 1 fully saturated rings. The first-order chi connectivity index (χ1) is 9.06. The number of H-pyrrole nitrogens is 1. The lowest BCUT2D eigenvalue weighted by molar-refractivity contribution is -0.129. The number of hydrogen-bond donors (Lipinski definition) is 1. The minimum absolute atomic E-state index is 0.147. The monoisotopic (exact) mass is 281 g/mol. The predicted octanol–water partition coefficient (Wildman–Crippen LogP) is 1.43. The summed E-state index contributed by atoms with van der Waals surface area (Å²) in [5.41, 5.74) is 0.525. The fraction of sp³-hybridized carbons (Fsp3) is 0.615. The third-order valence-electron chi connectivity index (χ3n) is 3.43. The van der Waals surface area contributed by atoms with Crippen LogP contribution in [0.5, 0.6) is 0 Å². The molecule has 1 N–H and O–H groups in total. The van der Waals surface area contributed by atoms with Crippen LogP contribution in [0.3, 0.4) is 0 Å². The summed E-state index contributed by atoms with van der Waals surface area (Å²) in [6.45, 7) is 5.80. The lowest BCUT2D eigenvalue weighted by Gasteiger charge is -2.30. The molecule has 0 radical (unpaired) electrons. The van der Waals surface area contributed by atoms with Crippen molar-refractivity contribution >= 4 is 17.7 Å². The minimum atomic E-state index is -0.368. The third-order valence-corrected chi connectivity index (χ3v) is 4.53. The summed E-state index contributed by atoms with van der Waals surface area (Å²) in [4.78, 5) is 31.5. The van der Waals surface area contributed by atoms with Gasteiger partial charge in [-0.2, -0.15) is 0 Å². The van der Waals surface area contributed by atoms with Crippen LogP contribution in [0.4, 0.5) is 0 Å². The van der Waals surface area contributed by atoms with Gasteiger partial charge in [0.1, 0.15) is 0 Å². The van der Waals surface area contributed by atoms with E-state index in [4.69, 9.17) is 0 Å². The van der Waals surface area contributed by atoms with Crippen molar-refractivity contribution in [1.82, 2.24) is 14.9 Å². The summed E-state index contributed by atoms with van der Waals surface area (Å²) in [5, 5.41) is 0.735. The minimum Gasteiger partial charge on any atom is -0.342 e. The quantitative estimate of drug-likeness (QED) is 0.672. The SMILES string of the molecule is Cc1cnc(=O)[nH]c1SCC(=O)N1CCC(C)CC1. The number of carbonyl (C=O) groups excluding carboxylic acids is 1. The summed E-state index contributed by atoms with van der Waals surface area (Å²) in [6.07, 6.45) is 3.71. The van der Waals surface area contributed by atoms with Gasteiger partial charge in [-0.25, -0.2) is 9.78 Å². The maximum absolute atomic E-state index is 12.1. The average molecular weight is 281 g/mol. The van der Waals surface area contributed by atoms with Crippen LogP contribution in [-0.4, -0.2) is 39.6 Å². The lowest BCUT2D eigenvalue weighted by Crippen LogP contribution is -2.38. The number of aromatic nitrogens is 2. The smallest absolute Gasteiger partial charge is 0.342 e. The highest BCUT2D eigenvalue weighted by atomic mass is 32.2. The van der Waals surface area contributed by atoms with Crippen LogP contribution in [-0.2, 0) is 4.79 Å². The van der Waals surface area contributed by atoms with E-state index in [2.05, 4.69) is 16.9 Å². The van der Waals surface area contributed by atoms with E-state index in [9.17, 15) is 9.59 Å². The van der Waals surface area contributed by atoms with Crippen molar-refractivity contribution in [3.63, 3.8) is 0 Å². The van der Waals surface area contributed by atoms with Crippen LogP contribution in [0.25, 0.3) is 0 Å². The maximum atomic E-state index is 12.1. The van der Waals surface area contributed by atoms with E-state index in [-0.39, 0.29) is 11.6 Å². The molecule has 1 saturated heterocycles. The highest BCUT2D eigenvalue weighted by Crippen LogP contribution is 2.20. The second-order valence-electron chi connectivity index (χ2n) is 5.05. The Morgan fingerprint density at radius 2 is 2.21 bits per heavy atom. The molecule has 0 aromatic carbocycles. The van der Waals surface area contributed by atoms with E-state index in [1.54, 1.807) is 0 Å². The van der Waals surface area contributed by atoms with Gasteiger partial charge in [0.15, 0.2) is 0 Å². The zero-order valence-electron chi connectivity index (χ0n) is 11.3. The third kappa shape index (κ3) is 3.83. The summed E-state index contributed by atoms with van der Waals surface area (Å²) < 4.78 is 0. The standard InChI is InChI=1S/C13H19N3O2S/c1-9-3-5-16(6-4-9)11(17)8-19-12-10(2)7-14-13(18)15-12/h7,9H,3-6,8H2,1-2H3,(H,14,15,18). The van der Waals surface area contributed by atoms with Crippen molar-refractivity contribution in [3.8, 4) is 0 Å². The molecular formula is C13H19N3O2S. The molecule has 0 bridgehead atoms. The van der Waals surface area contributed by atoms with E-state index in [0.29, 0.717) is 5.75 Å². The number of thioether (sulfide) groups is 1. The number of rotatable bonds is 3. The van der Waals surface area contributed by atoms with Crippen LogP contribution >= 0.6 is 11.8 Å². The number of amides is 1. The van der Waals surface area contributed by atoms with Crippen molar-refractivity contribution in [2.45, 2.75) is 31.7 Å². The Labute approximate surface area is 116 Å². The van der Waals surface area contributed by atoms with Gasteiger partial charge in [0, 0.05) is 19.3 Å². The van der Waals surface area contributed by atoms with Gasteiger partial charge in [0.05, 0.1) is 10.8 Å². The number of nitrogens with one attached hydrogen (secondary N) is 1. The van der Waals surface area contributed by atoms with Crippen molar-refractivity contribution < 1.29 is 4.79 Å². The summed E-state index contributed by atoms with van der Waals surface area (Å²) in [6, 6.07) is 0. The molecule has 1 aliphatic rings. The normalized spacial score (nSPS) is 16.6. The maximum Gasteiger partial charge on any atom is 0.345 e. The summed E-state index contributed by atoms with van der Waals surface area (Å²) in [7, 11) is 0. The molecule has 1 aromatic rings. The van der Waals surface area contributed by atoms with Crippen molar-refractivity contribution in [2.75, 3.05) is 18.8 Å². The molecule has 0 aliphatic carbocycles. The molecular weight excluding hydrogens is 262 g/mol. The van der Waals surface area contributed by atoms with E-state index < -0.39 is 0 Å². The summed E-state index contributed by atoms with van der Waals surface area (Å²) >= 11 is 1.38. The average Bonchev–Trinajstić information content (AvgIpc) is 2.40. The largest absolute Gasteiger partial charge is 0.345 e. The molecule has 6 heteroatoms. The molecule has 0 saturated carbocycles. The van der Waals surface area contributed by atoms with Gasteiger partial charge in [-0.3, -0.25) is 4.79 Å². The molecule has 0 unspecified atom stereocenters. The number of likely N-dealkylation sites (tertiary alicyclic amines) is 1. The Morgan fingerprint density at radius 1 is 1.53 bits per heavy atom. The van der Waals surface area contributed by atoms with Crippen LogP contribution in [0.1, 0.15) is 25.3 Å². The van der Waals surface area contributed by atoms with Crippen LogP contribution in [0.2, 0.25) is 0 Å². The van der Waals surface area contributed by atoms with E-state index in [0.717, 1.165) is 42.4 Å². The van der Waals surface area contributed by atoms with Gasteiger partial charge < -0.3 is 9.88 Å². The molecule has 1 amide bonds. The van der Waals surface area contributed by atoms with Crippen molar-refractivity contribution in [3.05, 3.63) is 22.2 Å². The van der Waals surface area contributed by atoms with Gasteiger partial charge in [0.2, 0.25) is 5.91 Å². The number of carbonyl (C=O) groups is 1. The fourth-order valence-corrected chi connectivity index (χ4v) is 2.97. The molecule has 19 heavy (non-hydrogen) atoms. The number of piperidine rings is 1. The zero-order chi connectivity index (χ0) is 13.8. The predicted molar refractivity (Wildman–Crippen MR) is 75.3 cm³/mol. The van der Waals surface area contributed by atoms with Gasteiger partial charge in [-0.05, 0) is 31.2 Å². The summed E-state index contributed by atoms with van der Waals surface area (Å²) in [5.74, 6) is 1.24. The highest BCUT2D eigenvalue weighted by molar-refractivity contribution is 7.99. The number of hydrogen-bond acceptors (Lipinski definition) is 4. The number of aryl methyl sites for hydroxylation is 1. The fourth-order valence-electron chi connectivity index (χ4n) is 2.08. The van der Waals surface area contributed by atoms with E-state index in [1.807, 2.05) is 11.8 Å². The molecule has 2 rings (SSSR count). The first kappa shape index (κ1) is 14.1. The first-order valence-corrected chi connectivity index (χ1v) is 7.51. The Morgan fingerprint density at radius 3 is 2.89 bits per heavy atom. The second kappa shape index (κ2) is 6.23. The zero-order valence-corrected chi connectivity index (χ0v) is 12.1. The van der Waals surface area contributed by atoms with Crippen molar-refractivity contribution in [1.29, 1.82) is 0 Å². The molecule has 2 heterocycles. The van der Waals surface area contributed by atoms with E-state index in [1.165, 1.54) is 18.0 Å². The molecule has 0 spiro atoms. The number of nitrogens with zero attached hydrogens (tertiary/aromatic N) is 2. The van der Waals surface area contributed by atoms with Crippen LogP contribution in [0.15, 0.2) is 16.0 Å². The molecule has 1 aromatic heterocycles. The van der Waals surface area contributed by atoms with Gasteiger partial charge in [0.25, 0.3) is 0 Å².